The Morgan fingerprint density at radius 3 is 1.40 bits per heavy atom. The van der Waals surface area contributed by atoms with E-state index < -0.39 is 0 Å². The Balaban J connectivity index is 0. The van der Waals surface area contributed by atoms with Crippen LogP contribution in [0.1, 0.15) is 0 Å². The molecule has 0 spiro atoms. The van der Waals surface area contributed by atoms with Crippen molar-refractivity contribution < 1.29 is 0 Å². The molecule has 0 rings (SSSR count). The maximum atomic E-state index is 4.03. The second-order valence-corrected chi connectivity index (χ2v) is 4.94. The molecule has 0 unspecified atom stereocenters. The van der Waals surface area contributed by atoms with E-state index in [1.165, 1.54) is 0 Å². The van der Waals surface area contributed by atoms with Crippen LogP contribution in [0.15, 0.2) is 0 Å². The van der Waals surface area contributed by atoms with Crippen molar-refractivity contribution >= 4 is 73.0 Å². The molecule has 0 aromatic carbocycles. The van der Waals surface area contributed by atoms with E-state index in [2.05, 4.69) is 24.2 Å². The van der Waals surface area contributed by atoms with Crippen molar-refractivity contribution in [2.45, 2.75) is 0 Å². The number of rotatable bonds is 0. The fourth-order valence-electron chi connectivity index (χ4n) is 0. The molecule has 0 atom stereocenters. The third-order valence-corrected chi connectivity index (χ3v) is 0. The van der Waals surface area contributed by atoms with Gasteiger partial charge in [0, 0.05) is 0 Å². The predicted molar refractivity (Wildman–Crippen MR) is 37.0 cm³/mol. The summed E-state index contributed by atoms with van der Waals surface area (Å²) in [6.45, 7) is 0. The molecule has 3 heteroatoms. The van der Waals surface area contributed by atoms with Crippen molar-refractivity contribution in [3.05, 3.63) is 0 Å². The topological polar surface area (TPSA) is 0 Å². The maximum absolute atomic E-state index is 4.03. The van der Waals surface area contributed by atoms with Gasteiger partial charge in [-0.2, -0.15) is 0 Å². The molecular formula is C2H9KS2. The van der Waals surface area contributed by atoms with E-state index in [0.29, 0.717) is 0 Å². The first-order valence-electron chi connectivity index (χ1n) is 1.09. The summed E-state index contributed by atoms with van der Waals surface area (Å²) in [5.41, 5.74) is 0. The molecule has 0 amide bonds. The quantitative estimate of drug-likeness (QED) is 0.269. The van der Waals surface area contributed by atoms with Gasteiger partial charge in [0.05, 0.1) is 0 Å². The van der Waals surface area contributed by atoms with Gasteiger partial charge in [0.15, 0.2) is 0 Å². The summed E-state index contributed by atoms with van der Waals surface area (Å²) in [5, 5.41) is 0. The zero-order valence-corrected chi connectivity index (χ0v) is 4.68. The summed E-state index contributed by atoms with van der Waals surface area (Å²) in [7, 11) is 0.0741. The first-order chi connectivity index (χ1) is 1.73. The average molecular weight is 136 g/mol. The molecule has 0 N–H and O–H groups in total. The molecule has 0 saturated carbocycles. The summed E-state index contributed by atoms with van der Waals surface area (Å²) >= 11 is 4.03. The van der Waals surface area contributed by atoms with Gasteiger partial charge in [-0.15, -0.1) is 11.7 Å². The molecule has 5 heavy (non-hydrogen) atoms. The Hall–Kier alpha value is 2.34. The molecule has 0 fully saturated rings. The van der Waals surface area contributed by atoms with Crippen molar-refractivity contribution in [3.8, 4) is 0 Å². The van der Waals surface area contributed by atoms with Crippen molar-refractivity contribution in [2.75, 3.05) is 12.5 Å². The number of hydrogen-bond acceptors (Lipinski definition) is 1. The van der Waals surface area contributed by atoms with E-state index in [0.717, 1.165) is 0 Å². The van der Waals surface area contributed by atoms with Gasteiger partial charge in [0.2, 0.25) is 0 Å². The van der Waals surface area contributed by atoms with E-state index in [1.54, 1.807) is 0 Å². The molecule has 30 valence electrons. The minimum absolute atomic E-state index is 0. The van der Waals surface area contributed by atoms with E-state index >= 15 is 0 Å². The van der Waals surface area contributed by atoms with Crippen LogP contribution >= 0.6 is 21.6 Å². The first kappa shape index (κ1) is 10.3. The van der Waals surface area contributed by atoms with Crippen molar-refractivity contribution in [1.29, 1.82) is 0 Å². The summed E-state index contributed by atoms with van der Waals surface area (Å²) < 4.78 is 0. The fraction of sp³-hybridized carbons (Fsp3) is 1.00. The van der Waals surface area contributed by atoms with Gasteiger partial charge in [-0.25, -0.2) is 9.93 Å². The third kappa shape index (κ3) is 21.8. The van der Waals surface area contributed by atoms with Gasteiger partial charge >= 0.3 is 51.4 Å². The van der Waals surface area contributed by atoms with Crippen LogP contribution in [0.4, 0.5) is 0 Å². The monoisotopic (exact) mass is 136 g/mol. The minimum atomic E-state index is 0. The number of hydrogen-bond donors (Lipinski definition) is 2. The van der Waals surface area contributed by atoms with Crippen molar-refractivity contribution in [2.24, 2.45) is 0 Å². The van der Waals surface area contributed by atoms with Gasteiger partial charge < -0.3 is 0 Å². The van der Waals surface area contributed by atoms with Crippen LogP contribution in [0.5, 0.6) is 0 Å². The molecule has 0 aliphatic heterocycles. The van der Waals surface area contributed by atoms with E-state index in [4.69, 9.17) is 0 Å². The zero-order chi connectivity index (χ0) is 3.58. The van der Waals surface area contributed by atoms with Gasteiger partial charge in [-0.3, -0.25) is 0 Å². The van der Waals surface area contributed by atoms with E-state index in [9.17, 15) is 0 Å². The SMILES string of the molecule is C[SH](C)S.[KH]. The normalized spacial score (nSPS) is 9.00. The van der Waals surface area contributed by atoms with Crippen LogP contribution in [0, 0.1) is 0 Å². The second kappa shape index (κ2) is 6.34. The van der Waals surface area contributed by atoms with Gasteiger partial charge in [0.1, 0.15) is 0 Å². The van der Waals surface area contributed by atoms with Gasteiger partial charge in [0.25, 0.3) is 0 Å². The fourth-order valence-corrected chi connectivity index (χ4v) is 0. The second-order valence-electron chi connectivity index (χ2n) is 0.847. The van der Waals surface area contributed by atoms with E-state index in [-0.39, 0.29) is 61.3 Å². The van der Waals surface area contributed by atoms with Gasteiger partial charge in [-0.1, -0.05) is 0 Å². The Kier molecular flexibility index (Phi) is 13.1. The van der Waals surface area contributed by atoms with Crippen LogP contribution in [0.3, 0.4) is 0 Å². The molecule has 0 aromatic rings. The summed E-state index contributed by atoms with van der Waals surface area (Å²) in [5.74, 6) is 0. The average Bonchev–Trinajstić information content (AvgIpc) is 0.811. The van der Waals surface area contributed by atoms with E-state index in [1.807, 2.05) is 0 Å². The van der Waals surface area contributed by atoms with Crippen LogP contribution in [-0.2, 0) is 0 Å². The standard InChI is InChI=1S/C2H8S2.K.H/c1-4(2)3;;/h3-4H,1-2H3;;. The molecule has 0 aliphatic rings. The molecule has 0 aliphatic carbocycles. The molecular weight excluding hydrogens is 127 g/mol. The van der Waals surface area contributed by atoms with Crippen molar-refractivity contribution in [1.82, 2.24) is 0 Å². The molecule has 0 saturated heterocycles. The first-order valence-corrected chi connectivity index (χ1v) is 4.48. The number of thiol groups is 2. The van der Waals surface area contributed by atoms with Crippen LogP contribution < -0.4 is 0 Å². The summed E-state index contributed by atoms with van der Waals surface area (Å²) in [6.07, 6.45) is 4.19. The Morgan fingerprint density at radius 2 is 1.40 bits per heavy atom. The van der Waals surface area contributed by atoms with Crippen LogP contribution in [0.25, 0.3) is 0 Å². The molecule has 0 bridgehead atoms. The summed E-state index contributed by atoms with van der Waals surface area (Å²) in [4.78, 5) is 0. The molecule has 0 heterocycles. The predicted octanol–water partition coefficient (Wildman–Crippen LogP) is 0.443. The summed E-state index contributed by atoms with van der Waals surface area (Å²) in [6, 6.07) is 0. The zero-order valence-electron chi connectivity index (χ0n) is 2.89. The molecule has 0 aromatic heterocycles. The molecule has 0 nitrogen and oxygen atoms in total. The van der Waals surface area contributed by atoms with Crippen molar-refractivity contribution in [3.63, 3.8) is 0 Å². The Morgan fingerprint density at radius 1 is 1.40 bits per heavy atom. The molecule has 0 radical (unpaired) electrons. The van der Waals surface area contributed by atoms with Gasteiger partial charge in [-0.05, 0) is 12.5 Å². The Bertz CT molecular complexity index is 12.4. The van der Waals surface area contributed by atoms with Crippen LogP contribution in [-0.4, -0.2) is 63.9 Å². The van der Waals surface area contributed by atoms with Crippen LogP contribution in [0.2, 0.25) is 0 Å². The third-order valence-electron chi connectivity index (χ3n) is 0. The Labute approximate surface area is 83.7 Å².